The van der Waals surface area contributed by atoms with Gasteiger partial charge in [0, 0.05) is 0 Å². The Morgan fingerprint density at radius 3 is 0.357 bits per heavy atom. The van der Waals surface area contributed by atoms with E-state index in [1.54, 1.807) is 0 Å². The molecule has 0 heterocycles. The molecule has 0 N–H and O–H groups in total. The molecule has 6 nitrogen and oxygen atoms in total. The first kappa shape index (κ1) is 89.0. The molecule has 14 heavy (non-hydrogen) atoms. The van der Waals surface area contributed by atoms with Crippen molar-refractivity contribution in [1.29, 1.82) is 31.6 Å². The zero-order valence-electron chi connectivity index (χ0n) is 6.74. The van der Waals surface area contributed by atoms with E-state index in [1.807, 2.05) is 0 Å². The van der Waals surface area contributed by atoms with Crippen molar-refractivity contribution < 1.29 is 36.5 Å². The van der Waals surface area contributed by atoms with Crippen LogP contribution in [0.5, 0.6) is 0 Å². The summed E-state index contributed by atoms with van der Waals surface area (Å²) in [4.78, 5) is 0. The second-order valence-electron chi connectivity index (χ2n) is 0. The van der Waals surface area contributed by atoms with Gasteiger partial charge in [0.15, 0.2) is 0 Å². The van der Waals surface area contributed by atoms with Crippen LogP contribution >= 0.6 is 0 Å². The normalized spacial score (nSPS) is 0.857. The van der Waals surface area contributed by atoms with E-state index in [2.05, 4.69) is 0 Å². The van der Waals surface area contributed by atoms with Gasteiger partial charge in [-0.05, 0) is 0 Å². The zero-order valence-corrected chi connectivity index (χ0v) is 10.8. The fourth-order valence-electron chi connectivity index (χ4n) is 0. The summed E-state index contributed by atoms with van der Waals surface area (Å²) in [6.07, 6.45) is 0. The van der Waals surface area contributed by atoms with Crippen LogP contribution in [0.25, 0.3) is 0 Å². The van der Waals surface area contributed by atoms with Crippen molar-refractivity contribution in [2.24, 2.45) is 0 Å². The molecule has 0 aromatic carbocycles. The summed E-state index contributed by atoms with van der Waals surface area (Å²) < 4.78 is 0. The molecule has 0 aliphatic carbocycles. The molecule has 0 saturated carbocycles. The van der Waals surface area contributed by atoms with Gasteiger partial charge < -0.3 is 71.0 Å². The molecule has 0 fully saturated rings. The molecular formula is C6FeN6Zn. The van der Waals surface area contributed by atoms with Crippen molar-refractivity contribution in [3.63, 3.8) is 0 Å². The average molecular weight is 277 g/mol. The van der Waals surface area contributed by atoms with Crippen molar-refractivity contribution in [1.82, 2.24) is 0 Å². The average Bonchev–Trinajstić information content (AvgIpc) is 2.33. The van der Waals surface area contributed by atoms with Crippen LogP contribution < -0.4 is 0 Å². The molecule has 0 amide bonds. The van der Waals surface area contributed by atoms with Crippen molar-refractivity contribution in [2.75, 3.05) is 0 Å². The monoisotopic (exact) mass is 276 g/mol. The zero-order chi connectivity index (χ0) is 12.0. The van der Waals surface area contributed by atoms with Gasteiger partial charge in [-0.2, -0.15) is 0 Å². The molecule has 0 bridgehead atoms. The van der Waals surface area contributed by atoms with E-state index in [0.29, 0.717) is 0 Å². The van der Waals surface area contributed by atoms with Crippen LogP contribution in [0.4, 0.5) is 0 Å². The molecule has 0 rings (SSSR count). The summed E-state index contributed by atoms with van der Waals surface area (Å²) in [5.74, 6) is 0. The van der Waals surface area contributed by atoms with E-state index >= 15 is 0 Å². The SMILES string of the molecule is [C-]#N.[C-]#N.[C-]#N.[C-]#N.[C-]#N.[C-]#N.[Fe+4].[Zn+2]. The van der Waals surface area contributed by atoms with Gasteiger partial charge in [0.25, 0.3) is 0 Å². The standard InChI is InChI=1S/6CN.Fe.Zn/c6*1-2;;/q6*-1;+4;+2. The summed E-state index contributed by atoms with van der Waals surface area (Å²) in [5, 5.41) is 37.5. The molecule has 0 aliphatic heterocycles. The Morgan fingerprint density at radius 2 is 0.357 bits per heavy atom. The first-order valence-electron chi connectivity index (χ1n) is 1.34. The van der Waals surface area contributed by atoms with Crippen molar-refractivity contribution in [3.8, 4) is 0 Å². The molecule has 0 aliphatic rings. The van der Waals surface area contributed by atoms with Crippen LogP contribution in [-0.4, -0.2) is 0 Å². The predicted octanol–water partition coefficient (Wildman–Crippen LogP) is 0.573. The van der Waals surface area contributed by atoms with E-state index in [0.717, 1.165) is 0 Å². The molecule has 0 spiro atoms. The number of nitrogens with zero attached hydrogens (tertiary/aromatic N) is 6. The van der Waals surface area contributed by atoms with E-state index in [9.17, 15) is 0 Å². The molecule has 0 atom stereocenters. The van der Waals surface area contributed by atoms with Gasteiger partial charge in [0.1, 0.15) is 0 Å². The number of hydrogen-bond acceptors (Lipinski definition) is 6. The summed E-state index contributed by atoms with van der Waals surface area (Å²) in [7, 11) is 0. The van der Waals surface area contributed by atoms with Crippen molar-refractivity contribution in [3.05, 3.63) is 39.4 Å². The minimum atomic E-state index is 0. The third-order valence-corrected chi connectivity index (χ3v) is 0. The van der Waals surface area contributed by atoms with E-state index in [4.69, 9.17) is 71.0 Å². The van der Waals surface area contributed by atoms with Crippen molar-refractivity contribution >= 4 is 0 Å². The van der Waals surface area contributed by atoms with Crippen molar-refractivity contribution in [2.45, 2.75) is 0 Å². The Kier molecular flexibility index (Phi) is 1950. The Labute approximate surface area is 107 Å². The molecule has 0 aromatic rings. The van der Waals surface area contributed by atoms with E-state index in [1.165, 1.54) is 0 Å². The van der Waals surface area contributed by atoms with Gasteiger partial charge in [-0.1, -0.05) is 0 Å². The Hall–Kier alpha value is -1.92. The van der Waals surface area contributed by atoms with Crippen LogP contribution in [0, 0.1) is 71.0 Å². The first-order chi connectivity index (χ1) is 6.00. The third-order valence-electron chi connectivity index (χ3n) is 0. The second-order valence-corrected chi connectivity index (χ2v) is 0. The molecular weight excluding hydrogens is 277 g/mol. The summed E-state index contributed by atoms with van der Waals surface area (Å²) in [5.41, 5.74) is 0. The molecule has 64 valence electrons. The van der Waals surface area contributed by atoms with Gasteiger partial charge in [-0.25, -0.2) is 0 Å². The van der Waals surface area contributed by atoms with Gasteiger partial charge in [-0.15, -0.1) is 0 Å². The smallest absolute Gasteiger partial charge is 0.512 e. The summed E-state index contributed by atoms with van der Waals surface area (Å²) >= 11 is 0. The fraction of sp³-hybridized carbons (Fsp3) is 0. The van der Waals surface area contributed by atoms with Crippen LogP contribution in [-0.2, 0) is 36.5 Å². The van der Waals surface area contributed by atoms with Gasteiger partial charge in [0.05, 0.1) is 0 Å². The van der Waals surface area contributed by atoms with E-state index < -0.39 is 0 Å². The minimum absolute atomic E-state index is 0. The molecule has 0 aromatic heterocycles. The van der Waals surface area contributed by atoms with Crippen LogP contribution in [0.15, 0.2) is 0 Å². The van der Waals surface area contributed by atoms with Gasteiger partial charge in [0.2, 0.25) is 0 Å². The predicted molar refractivity (Wildman–Crippen MR) is 29.8 cm³/mol. The second kappa shape index (κ2) is 307. The molecule has 0 unspecified atom stereocenters. The largest absolute Gasteiger partial charge is 4.00 e. The van der Waals surface area contributed by atoms with Crippen LogP contribution in [0.2, 0.25) is 0 Å². The minimum Gasteiger partial charge on any atom is -0.512 e. The quantitative estimate of drug-likeness (QED) is 0.467. The Morgan fingerprint density at radius 1 is 0.357 bits per heavy atom. The maximum atomic E-state index is 6.25. The van der Waals surface area contributed by atoms with Gasteiger partial charge in [-0.3, -0.25) is 0 Å². The van der Waals surface area contributed by atoms with Crippen LogP contribution in [0.3, 0.4) is 0 Å². The third kappa shape index (κ3) is 226. The first-order valence-corrected chi connectivity index (χ1v) is 1.34. The maximum absolute atomic E-state index is 6.25. The summed E-state index contributed by atoms with van der Waals surface area (Å²) in [6.45, 7) is 28.5. The Balaban J connectivity index is -0.00000000500. The van der Waals surface area contributed by atoms with Gasteiger partial charge >= 0.3 is 36.5 Å². The molecule has 8 heteroatoms. The van der Waals surface area contributed by atoms with E-state index in [-0.39, 0.29) is 36.5 Å². The van der Waals surface area contributed by atoms with Crippen LogP contribution in [0.1, 0.15) is 0 Å². The Bertz CT molecular complexity index is 97.3. The number of hydrogen-bond donors (Lipinski definition) is 0. The number of rotatable bonds is 0. The summed E-state index contributed by atoms with van der Waals surface area (Å²) in [6, 6.07) is 0. The fourth-order valence-corrected chi connectivity index (χ4v) is 0. The molecule has 0 radical (unpaired) electrons. The topological polar surface area (TPSA) is 143 Å². The molecule has 0 saturated heterocycles. The maximum Gasteiger partial charge on any atom is 4.00 e.